The largest absolute Gasteiger partial charge is 0.313 e. The van der Waals surface area contributed by atoms with Gasteiger partial charge in [-0.1, -0.05) is 19.3 Å². The van der Waals surface area contributed by atoms with E-state index < -0.39 is 0 Å². The lowest BCUT2D eigenvalue weighted by molar-refractivity contribution is 0.192. The van der Waals surface area contributed by atoms with Gasteiger partial charge in [-0.05, 0) is 32.7 Å². The van der Waals surface area contributed by atoms with Crippen LogP contribution < -0.4 is 5.32 Å². The first-order valence-electron chi connectivity index (χ1n) is 6.30. The Morgan fingerprint density at radius 2 is 1.79 bits per heavy atom. The van der Waals surface area contributed by atoms with E-state index in [1.165, 1.54) is 58.0 Å². The van der Waals surface area contributed by atoms with Crippen molar-refractivity contribution in [3.05, 3.63) is 0 Å². The molecule has 2 aliphatic carbocycles. The van der Waals surface area contributed by atoms with E-state index in [0.29, 0.717) is 0 Å². The molecule has 2 fully saturated rings. The fourth-order valence-electron chi connectivity index (χ4n) is 2.44. The summed E-state index contributed by atoms with van der Waals surface area (Å²) in [6, 6.07) is 1.75. The summed E-state index contributed by atoms with van der Waals surface area (Å²) in [4.78, 5) is 2.56. The maximum absolute atomic E-state index is 3.58. The van der Waals surface area contributed by atoms with E-state index in [1.54, 1.807) is 0 Å². The summed E-state index contributed by atoms with van der Waals surface area (Å²) in [5.74, 6) is 0. The van der Waals surface area contributed by atoms with Crippen LogP contribution in [-0.4, -0.2) is 37.1 Å². The first-order chi connectivity index (χ1) is 6.86. The minimum absolute atomic E-state index is 0.870. The van der Waals surface area contributed by atoms with Gasteiger partial charge in [0.2, 0.25) is 0 Å². The number of nitrogens with zero attached hydrogens (tertiary/aromatic N) is 1. The lowest BCUT2D eigenvalue weighted by Crippen LogP contribution is -2.38. The highest BCUT2D eigenvalue weighted by Crippen LogP contribution is 2.21. The second kappa shape index (κ2) is 5.13. The van der Waals surface area contributed by atoms with E-state index in [1.807, 2.05) is 0 Å². The van der Waals surface area contributed by atoms with Gasteiger partial charge in [0, 0.05) is 25.2 Å². The Morgan fingerprint density at radius 1 is 1.07 bits per heavy atom. The Kier molecular flexibility index (Phi) is 3.82. The molecule has 2 heteroatoms. The maximum Gasteiger partial charge on any atom is 0.0107 e. The van der Waals surface area contributed by atoms with Gasteiger partial charge in [-0.3, -0.25) is 0 Å². The summed E-state index contributed by atoms with van der Waals surface area (Å²) in [7, 11) is 2.30. The van der Waals surface area contributed by atoms with Crippen LogP contribution in [0.4, 0.5) is 0 Å². The first kappa shape index (κ1) is 10.4. The summed E-state index contributed by atoms with van der Waals surface area (Å²) in [6.07, 6.45) is 10.0. The smallest absolute Gasteiger partial charge is 0.0107 e. The molecule has 2 aliphatic rings. The monoisotopic (exact) mass is 196 g/mol. The number of hydrogen-bond donors (Lipinski definition) is 1. The van der Waals surface area contributed by atoms with Crippen molar-refractivity contribution in [2.24, 2.45) is 0 Å². The molecule has 0 amide bonds. The average molecular weight is 196 g/mol. The molecule has 2 rings (SSSR count). The molecular weight excluding hydrogens is 172 g/mol. The van der Waals surface area contributed by atoms with Crippen LogP contribution in [0.25, 0.3) is 0 Å². The van der Waals surface area contributed by atoms with Gasteiger partial charge in [0.25, 0.3) is 0 Å². The third-order valence-corrected chi connectivity index (χ3v) is 3.67. The van der Waals surface area contributed by atoms with Crippen LogP contribution in [0, 0.1) is 0 Å². The highest BCUT2D eigenvalue weighted by Gasteiger charge is 2.21. The van der Waals surface area contributed by atoms with Crippen LogP contribution in [0.3, 0.4) is 0 Å². The third kappa shape index (κ3) is 3.25. The fourth-order valence-corrected chi connectivity index (χ4v) is 2.44. The van der Waals surface area contributed by atoms with E-state index in [0.717, 1.165) is 12.1 Å². The lowest BCUT2D eigenvalue weighted by atomic mass is 9.94. The van der Waals surface area contributed by atoms with Gasteiger partial charge in [-0.2, -0.15) is 0 Å². The molecule has 1 N–H and O–H groups in total. The predicted octanol–water partition coefficient (Wildman–Crippen LogP) is 2.00. The summed E-state index contributed by atoms with van der Waals surface area (Å²) in [5.41, 5.74) is 0. The van der Waals surface area contributed by atoms with E-state index in [9.17, 15) is 0 Å². The van der Waals surface area contributed by atoms with Crippen molar-refractivity contribution in [3.63, 3.8) is 0 Å². The molecule has 0 heterocycles. The molecule has 0 aromatic heterocycles. The Morgan fingerprint density at radius 3 is 2.43 bits per heavy atom. The first-order valence-corrected chi connectivity index (χ1v) is 6.30. The molecule has 0 aromatic carbocycles. The Labute approximate surface area is 88.1 Å². The maximum atomic E-state index is 3.58. The molecule has 82 valence electrons. The summed E-state index contributed by atoms with van der Waals surface area (Å²) in [5, 5.41) is 3.58. The molecule has 0 saturated heterocycles. The van der Waals surface area contributed by atoms with Crippen LogP contribution in [0.1, 0.15) is 44.9 Å². The standard InChI is InChI=1S/C12H24N2/c1-14(10-9-13-11-7-8-11)12-5-3-2-4-6-12/h11-13H,2-10H2,1H3. The number of hydrogen-bond acceptors (Lipinski definition) is 2. The lowest BCUT2D eigenvalue weighted by Gasteiger charge is -2.31. The van der Waals surface area contributed by atoms with Crippen molar-refractivity contribution in [2.75, 3.05) is 20.1 Å². The average Bonchev–Trinajstić information content (AvgIpc) is 3.03. The third-order valence-electron chi connectivity index (χ3n) is 3.67. The van der Waals surface area contributed by atoms with E-state index in [4.69, 9.17) is 0 Å². The minimum atomic E-state index is 0.870. The Bertz CT molecular complexity index is 160. The molecule has 0 aliphatic heterocycles. The molecule has 0 radical (unpaired) electrons. The summed E-state index contributed by atoms with van der Waals surface area (Å²) >= 11 is 0. The summed E-state index contributed by atoms with van der Waals surface area (Å²) < 4.78 is 0. The van der Waals surface area contributed by atoms with Gasteiger partial charge in [-0.15, -0.1) is 0 Å². The second-order valence-corrected chi connectivity index (χ2v) is 5.00. The minimum Gasteiger partial charge on any atom is -0.313 e. The van der Waals surface area contributed by atoms with Crippen LogP contribution in [-0.2, 0) is 0 Å². The van der Waals surface area contributed by atoms with Crippen molar-refractivity contribution < 1.29 is 0 Å². The van der Waals surface area contributed by atoms with E-state index >= 15 is 0 Å². The number of rotatable bonds is 5. The quantitative estimate of drug-likeness (QED) is 0.723. The van der Waals surface area contributed by atoms with Gasteiger partial charge >= 0.3 is 0 Å². The van der Waals surface area contributed by atoms with Gasteiger partial charge in [0.15, 0.2) is 0 Å². The van der Waals surface area contributed by atoms with Crippen LogP contribution in [0.2, 0.25) is 0 Å². The predicted molar refractivity (Wildman–Crippen MR) is 60.5 cm³/mol. The topological polar surface area (TPSA) is 15.3 Å². The normalized spacial score (nSPS) is 24.4. The number of likely N-dealkylation sites (N-methyl/N-ethyl adjacent to an activating group) is 1. The zero-order chi connectivity index (χ0) is 9.80. The SMILES string of the molecule is CN(CCNC1CC1)C1CCCCC1. The molecule has 0 unspecified atom stereocenters. The number of nitrogens with one attached hydrogen (secondary N) is 1. The molecule has 2 nitrogen and oxygen atoms in total. The summed E-state index contributed by atoms with van der Waals surface area (Å²) in [6.45, 7) is 2.43. The van der Waals surface area contributed by atoms with Gasteiger partial charge in [0.1, 0.15) is 0 Å². The van der Waals surface area contributed by atoms with Gasteiger partial charge in [0.05, 0.1) is 0 Å². The van der Waals surface area contributed by atoms with Crippen molar-refractivity contribution in [1.82, 2.24) is 10.2 Å². The Hall–Kier alpha value is -0.0800. The molecule has 0 spiro atoms. The fraction of sp³-hybridized carbons (Fsp3) is 1.00. The highest BCUT2D eigenvalue weighted by molar-refractivity contribution is 4.81. The van der Waals surface area contributed by atoms with Crippen molar-refractivity contribution in [3.8, 4) is 0 Å². The zero-order valence-electron chi connectivity index (χ0n) is 9.47. The van der Waals surface area contributed by atoms with Crippen molar-refractivity contribution >= 4 is 0 Å². The van der Waals surface area contributed by atoms with Crippen LogP contribution in [0.15, 0.2) is 0 Å². The van der Waals surface area contributed by atoms with E-state index in [2.05, 4.69) is 17.3 Å². The highest BCUT2D eigenvalue weighted by atomic mass is 15.1. The van der Waals surface area contributed by atoms with Crippen LogP contribution in [0.5, 0.6) is 0 Å². The molecule has 0 aromatic rings. The Balaban J connectivity index is 1.57. The van der Waals surface area contributed by atoms with Crippen LogP contribution >= 0.6 is 0 Å². The molecule has 2 saturated carbocycles. The van der Waals surface area contributed by atoms with Crippen molar-refractivity contribution in [2.45, 2.75) is 57.0 Å². The van der Waals surface area contributed by atoms with E-state index in [-0.39, 0.29) is 0 Å². The second-order valence-electron chi connectivity index (χ2n) is 5.00. The molecule has 0 atom stereocenters. The molecule has 14 heavy (non-hydrogen) atoms. The molecule has 0 bridgehead atoms. The van der Waals surface area contributed by atoms with Gasteiger partial charge < -0.3 is 10.2 Å². The van der Waals surface area contributed by atoms with Crippen molar-refractivity contribution in [1.29, 1.82) is 0 Å². The van der Waals surface area contributed by atoms with Gasteiger partial charge in [-0.25, -0.2) is 0 Å². The molecular formula is C12H24N2. The zero-order valence-corrected chi connectivity index (χ0v) is 9.47.